The smallest absolute Gasteiger partial charge is 0.161 e. The van der Waals surface area contributed by atoms with Crippen molar-refractivity contribution in [2.45, 2.75) is 19.1 Å². The van der Waals surface area contributed by atoms with Gasteiger partial charge in [-0.25, -0.2) is 0 Å². The Labute approximate surface area is 106 Å². The largest absolute Gasteiger partial charge is 0.398 e. The van der Waals surface area contributed by atoms with Gasteiger partial charge in [-0.3, -0.25) is 4.79 Å². The number of ketones is 1. The third kappa shape index (κ3) is 2.75. The zero-order valence-electron chi connectivity index (χ0n) is 10.3. The molecular formula is C13H18N2OS. The normalized spacial score (nSPS) is 20.4. The molecule has 1 aromatic carbocycles. The van der Waals surface area contributed by atoms with E-state index in [0.29, 0.717) is 16.5 Å². The summed E-state index contributed by atoms with van der Waals surface area (Å²) < 4.78 is 0. The van der Waals surface area contributed by atoms with Crippen molar-refractivity contribution in [3.8, 4) is 0 Å². The van der Waals surface area contributed by atoms with Gasteiger partial charge in [-0.2, -0.15) is 11.8 Å². The second-order valence-corrected chi connectivity index (χ2v) is 6.00. The van der Waals surface area contributed by atoms with Crippen molar-refractivity contribution in [1.29, 1.82) is 0 Å². The highest BCUT2D eigenvalue weighted by atomic mass is 32.2. The van der Waals surface area contributed by atoms with Crippen molar-refractivity contribution in [1.82, 2.24) is 0 Å². The maximum absolute atomic E-state index is 11.3. The number of hydrogen-bond donors (Lipinski definition) is 1. The van der Waals surface area contributed by atoms with Gasteiger partial charge < -0.3 is 10.6 Å². The summed E-state index contributed by atoms with van der Waals surface area (Å²) in [5, 5.41) is 0.650. The number of benzene rings is 1. The van der Waals surface area contributed by atoms with Crippen molar-refractivity contribution < 1.29 is 4.79 Å². The topological polar surface area (TPSA) is 46.3 Å². The molecule has 2 rings (SSSR count). The summed E-state index contributed by atoms with van der Waals surface area (Å²) in [6.07, 6.45) is 0. The van der Waals surface area contributed by atoms with E-state index in [9.17, 15) is 4.79 Å². The first-order chi connectivity index (χ1) is 8.08. The predicted molar refractivity (Wildman–Crippen MR) is 75.0 cm³/mol. The molecule has 0 saturated carbocycles. The van der Waals surface area contributed by atoms with Crippen molar-refractivity contribution >= 4 is 28.9 Å². The van der Waals surface area contributed by atoms with Gasteiger partial charge in [0, 0.05) is 41.0 Å². The van der Waals surface area contributed by atoms with Gasteiger partial charge in [0.1, 0.15) is 0 Å². The van der Waals surface area contributed by atoms with Crippen LogP contribution in [0, 0.1) is 0 Å². The molecule has 0 bridgehead atoms. The van der Waals surface area contributed by atoms with Crippen molar-refractivity contribution in [2.24, 2.45) is 0 Å². The van der Waals surface area contributed by atoms with Crippen LogP contribution in [-0.2, 0) is 0 Å². The van der Waals surface area contributed by atoms with Crippen LogP contribution in [0.25, 0.3) is 0 Å². The fourth-order valence-corrected chi connectivity index (χ4v) is 3.13. The van der Waals surface area contributed by atoms with Gasteiger partial charge in [0.15, 0.2) is 5.78 Å². The van der Waals surface area contributed by atoms with Crippen LogP contribution in [0.2, 0.25) is 0 Å². The van der Waals surface area contributed by atoms with E-state index in [-0.39, 0.29) is 5.78 Å². The Morgan fingerprint density at radius 2 is 2.29 bits per heavy atom. The van der Waals surface area contributed by atoms with E-state index < -0.39 is 0 Å². The molecule has 0 aliphatic carbocycles. The summed E-state index contributed by atoms with van der Waals surface area (Å²) >= 11 is 2.00. The molecule has 0 aromatic heterocycles. The minimum atomic E-state index is 0.0246. The van der Waals surface area contributed by atoms with Crippen LogP contribution in [-0.4, -0.2) is 29.9 Å². The number of nitrogens with two attached hydrogens (primary N) is 1. The van der Waals surface area contributed by atoms with Crippen molar-refractivity contribution in [3.63, 3.8) is 0 Å². The fourth-order valence-electron chi connectivity index (χ4n) is 2.12. The van der Waals surface area contributed by atoms with Gasteiger partial charge in [-0.1, -0.05) is 6.92 Å². The van der Waals surface area contributed by atoms with Gasteiger partial charge in [0.05, 0.1) is 0 Å². The Morgan fingerprint density at radius 3 is 2.88 bits per heavy atom. The summed E-state index contributed by atoms with van der Waals surface area (Å²) in [5.74, 6) is 1.17. The van der Waals surface area contributed by atoms with E-state index in [1.54, 1.807) is 6.92 Å². The Balaban J connectivity index is 2.22. The van der Waals surface area contributed by atoms with Gasteiger partial charge in [0.2, 0.25) is 0 Å². The van der Waals surface area contributed by atoms with E-state index >= 15 is 0 Å². The summed E-state index contributed by atoms with van der Waals surface area (Å²) in [4.78, 5) is 13.6. The standard InChI is InChI=1S/C13H18N2OS/c1-9-8-15(5-6-17-9)11-3-4-12(10(2)16)13(14)7-11/h3-4,7,9H,5-6,8,14H2,1-2H3. The number of Topliss-reactive ketones (excluding diaryl/α,β-unsaturated/α-hetero) is 1. The van der Waals surface area contributed by atoms with Crippen LogP contribution >= 0.6 is 11.8 Å². The van der Waals surface area contributed by atoms with E-state index in [2.05, 4.69) is 11.8 Å². The number of carbonyl (C=O) groups is 1. The molecule has 1 aliphatic rings. The molecule has 0 amide bonds. The Bertz CT molecular complexity index is 433. The zero-order chi connectivity index (χ0) is 12.4. The molecule has 3 nitrogen and oxygen atoms in total. The SMILES string of the molecule is CC(=O)c1ccc(N2CCSC(C)C2)cc1N. The lowest BCUT2D eigenvalue weighted by Crippen LogP contribution is -2.36. The average Bonchev–Trinajstić information content (AvgIpc) is 2.28. The highest BCUT2D eigenvalue weighted by Gasteiger charge is 2.17. The molecule has 1 unspecified atom stereocenters. The number of nitrogen functional groups attached to an aromatic ring is 1. The number of carbonyl (C=O) groups excluding carboxylic acids is 1. The quantitative estimate of drug-likeness (QED) is 0.647. The van der Waals surface area contributed by atoms with Crippen LogP contribution in [0.1, 0.15) is 24.2 Å². The first kappa shape index (κ1) is 12.3. The molecule has 1 heterocycles. The molecule has 1 saturated heterocycles. The minimum Gasteiger partial charge on any atom is -0.398 e. The van der Waals surface area contributed by atoms with Gasteiger partial charge in [0.25, 0.3) is 0 Å². The Morgan fingerprint density at radius 1 is 1.53 bits per heavy atom. The first-order valence-corrected chi connectivity index (χ1v) is 6.90. The molecule has 92 valence electrons. The fraction of sp³-hybridized carbons (Fsp3) is 0.462. The lowest BCUT2D eigenvalue weighted by atomic mass is 10.1. The first-order valence-electron chi connectivity index (χ1n) is 5.85. The van der Waals surface area contributed by atoms with Crippen LogP contribution < -0.4 is 10.6 Å². The summed E-state index contributed by atoms with van der Waals surface area (Å²) in [5.41, 5.74) is 8.24. The third-order valence-electron chi connectivity index (χ3n) is 3.02. The second kappa shape index (κ2) is 5.00. The van der Waals surface area contributed by atoms with Gasteiger partial charge >= 0.3 is 0 Å². The molecule has 2 N–H and O–H groups in total. The van der Waals surface area contributed by atoms with Crippen LogP contribution in [0.4, 0.5) is 11.4 Å². The summed E-state index contributed by atoms with van der Waals surface area (Å²) in [6.45, 7) is 5.88. The maximum Gasteiger partial charge on any atom is 0.161 e. The highest BCUT2D eigenvalue weighted by Crippen LogP contribution is 2.26. The number of nitrogens with zero attached hydrogens (tertiary/aromatic N) is 1. The number of thioether (sulfide) groups is 1. The van der Waals surface area contributed by atoms with Gasteiger partial charge in [-0.15, -0.1) is 0 Å². The third-order valence-corrected chi connectivity index (χ3v) is 4.16. The van der Waals surface area contributed by atoms with E-state index in [1.807, 2.05) is 30.0 Å². The number of rotatable bonds is 2. The van der Waals surface area contributed by atoms with Crippen molar-refractivity contribution in [3.05, 3.63) is 23.8 Å². The van der Waals surface area contributed by atoms with E-state index in [4.69, 9.17) is 5.73 Å². The lowest BCUT2D eigenvalue weighted by molar-refractivity contribution is 0.101. The molecule has 4 heteroatoms. The van der Waals surface area contributed by atoms with E-state index in [1.165, 1.54) is 0 Å². The predicted octanol–water partition coefficient (Wildman–Crippen LogP) is 2.41. The lowest BCUT2D eigenvalue weighted by Gasteiger charge is -2.32. The molecular weight excluding hydrogens is 232 g/mol. The van der Waals surface area contributed by atoms with Crippen molar-refractivity contribution in [2.75, 3.05) is 29.5 Å². The average molecular weight is 250 g/mol. The minimum absolute atomic E-state index is 0.0246. The molecule has 1 fully saturated rings. The molecule has 17 heavy (non-hydrogen) atoms. The highest BCUT2D eigenvalue weighted by molar-refractivity contribution is 8.00. The zero-order valence-corrected chi connectivity index (χ0v) is 11.1. The Kier molecular flexibility index (Phi) is 3.62. The molecule has 1 aliphatic heterocycles. The monoisotopic (exact) mass is 250 g/mol. The number of hydrogen-bond acceptors (Lipinski definition) is 4. The Hall–Kier alpha value is -1.16. The number of anilines is 2. The molecule has 1 atom stereocenters. The summed E-state index contributed by atoms with van der Waals surface area (Å²) in [7, 11) is 0. The second-order valence-electron chi connectivity index (χ2n) is 4.46. The molecule has 0 spiro atoms. The van der Waals surface area contributed by atoms with Crippen LogP contribution in [0.3, 0.4) is 0 Å². The molecule has 0 radical (unpaired) electrons. The van der Waals surface area contributed by atoms with Crippen LogP contribution in [0.5, 0.6) is 0 Å². The van der Waals surface area contributed by atoms with Crippen LogP contribution in [0.15, 0.2) is 18.2 Å². The van der Waals surface area contributed by atoms with E-state index in [0.717, 1.165) is 24.5 Å². The molecule has 1 aromatic rings. The van der Waals surface area contributed by atoms with Gasteiger partial charge in [-0.05, 0) is 25.1 Å². The maximum atomic E-state index is 11.3. The summed E-state index contributed by atoms with van der Waals surface area (Å²) in [6, 6.07) is 5.74.